The van der Waals surface area contributed by atoms with Gasteiger partial charge in [0, 0.05) is 36.9 Å². The number of anilines is 1. The number of hydrogen-bond donors (Lipinski definition) is 0. The van der Waals surface area contributed by atoms with E-state index >= 15 is 0 Å². The van der Waals surface area contributed by atoms with Crippen LogP contribution in [0, 0.1) is 0 Å². The number of ether oxygens (including phenoxy) is 2. The smallest absolute Gasteiger partial charge is 0.347 e. The molecule has 0 bridgehead atoms. The number of nitrogens with zero attached hydrogens (tertiary/aromatic N) is 2. The maximum atomic E-state index is 12.3. The second-order valence-electron chi connectivity index (χ2n) is 6.53. The van der Waals surface area contributed by atoms with Crippen molar-refractivity contribution >= 4 is 29.2 Å². The molecule has 1 aliphatic rings. The first-order chi connectivity index (χ1) is 13.5. The van der Waals surface area contributed by atoms with E-state index in [0.29, 0.717) is 37.0 Å². The second-order valence-corrected chi connectivity index (χ2v) is 6.96. The van der Waals surface area contributed by atoms with Gasteiger partial charge in [-0.15, -0.1) is 0 Å². The lowest BCUT2D eigenvalue weighted by Gasteiger charge is -2.36. The van der Waals surface area contributed by atoms with Crippen LogP contribution >= 0.6 is 11.6 Å². The molecule has 7 heteroatoms. The summed E-state index contributed by atoms with van der Waals surface area (Å²) in [4.78, 5) is 28.3. The van der Waals surface area contributed by atoms with Gasteiger partial charge in [-0.2, -0.15) is 0 Å². The third kappa shape index (κ3) is 5.39. The summed E-state index contributed by atoms with van der Waals surface area (Å²) in [6, 6.07) is 16.7. The van der Waals surface area contributed by atoms with Gasteiger partial charge in [0.05, 0.1) is 0 Å². The predicted octanol–water partition coefficient (Wildman–Crippen LogP) is 3.00. The minimum absolute atomic E-state index is 0.203. The highest BCUT2D eigenvalue weighted by Crippen LogP contribution is 2.20. The van der Waals surface area contributed by atoms with Gasteiger partial charge in [-0.1, -0.05) is 35.9 Å². The molecule has 6 nitrogen and oxygen atoms in total. The van der Waals surface area contributed by atoms with Crippen molar-refractivity contribution in [3.05, 3.63) is 59.6 Å². The Labute approximate surface area is 169 Å². The third-order valence-electron chi connectivity index (χ3n) is 4.53. The number of benzene rings is 2. The Morgan fingerprint density at radius 2 is 1.75 bits per heavy atom. The fourth-order valence-corrected chi connectivity index (χ4v) is 3.16. The first-order valence-corrected chi connectivity index (χ1v) is 9.57. The molecular weight excluding hydrogens is 380 g/mol. The molecule has 0 aliphatic carbocycles. The fraction of sp³-hybridized carbons (Fsp3) is 0.333. The lowest BCUT2D eigenvalue weighted by molar-refractivity contribution is -0.157. The van der Waals surface area contributed by atoms with E-state index in [1.807, 2.05) is 42.5 Å². The number of amides is 1. The second kappa shape index (κ2) is 9.46. The topological polar surface area (TPSA) is 59.1 Å². The van der Waals surface area contributed by atoms with Gasteiger partial charge in [-0.25, -0.2) is 4.79 Å². The Morgan fingerprint density at radius 3 is 2.43 bits per heavy atom. The van der Waals surface area contributed by atoms with E-state index in [2.05, 4.69) is 4.90 Å². The first-order valence-electron chi connectivity index (χ1n) is 9.19. The molecule has 0 spiro atoms. The normalized spacial score (nSPS) is 15.1. The number of halogens is 1. The molecule has 148 valence electrons. The average Bonchev–Trinajstić information content (AvgIpc) is 2.72. The summed E-state index contributed by atoms with van der Waals surface area (Å²) in [5.41, 5.74) is 1.04. The van der Waals surface area contributed by atoms with Crippen molar-refractivity contribution in [1.29, 1.82) is 0 Å². The van der Waals surface area contributed by atoms with Crippen molar-refractivity contribution in [1.82, 2.24) is 4.90 Å². The average molecular weight is 403 g/mol. The number of carbonyl (C=O) groups excluding carboxylic acids is 2. The molecular formula is C21H23ClN2O4. The molecule has 0 unspecified atom stereocenters. The van der Waals surface area contributed by atoms with E-state index in [1.54, 1.807) is 24.0 Å². The fourth-order valence-electron chi connectivity index (χ4n) is 2.98. The molecule has 28 heavy (non-hydrogen) atoms. The van der Waals surface area contributed by atoms with Crippen LogP contribution in [-0.4, -0.2) is 55.7 Å². The highest BCUT2D eigenvalue weighted by atomic mass is 35.5. The summed E-state index contributed by atoms with van der Waals surface area (Å²) < 4.78 is 10.6. The van der Waals surface area contributed by atoms with Crippen LogP contribution in [0.4, 0.5) is 5.69 Å². The van der Waals surface area contributed by atoms with Gasteiger partial charge in [0.15, 0.2) is 12.7 Å². The van der Waals surface area contributed by atoms with Gasteiger partial charge in [0.2, 0.25) is 0 Å². The van der Waals surface area contributed by atoms with Crippen molar-refractivity contribution in [2.45, 2.75) is 13.0 Å². The van der Waals surface area contributed by atoms with Crippen LogP contribution in [0.2, 0.25) is 5.02 Å². The molecule has 0 N–H and O–H groups in total. The highest BCUT2D eigenvalue weighted by molar-refractivity contribution is 6.30. The Balaban J connectivity index is 1.42. The summed E-state index contributed by atoms with van der Waals surface area (Å²) in [5, 5.41) is 0.690. The van der Waals surface area contributed by atoms with Crippen LogP contribution in [0.15, 0.2) is 54.6 Å². The van der Waals surface area contributed by atoms with Crippen LogP contribution in [0.5, 0.6) is 5.75 Å². The third-order valence-corrected chi connectivity index (χ3v) is 4.77. The summed E-state index contributed by atoms with van der Waals surface area (Å²) >= 11 is 6.04. The minimum atomic E-state index is -0.783. The zero-order valence-corrected chi connectivity index (χ0v) is 16.5. The molecule has 1 amide bonds. The molecule has 2 aromatic rings. The van der Waals surface area contributed by atoms with E-state index < -0.39 is 12.1 Å². The van der Waals surface area contributed by atoms with E-state index in [1.165, 1.54) is 0 Å². The number of hydrogen-bond acceptors (Lipinski definition) is 5. The van der Waals surface area contributed by atoms with Crippen LogP contribution in [0.25, 0.3) is 0 Å². The molecule has 0 aromatic heterocycles. The van der Waals surface area contributed by atoms with E-state index in [-0.39, 0.29) is 12.5 Å². The number of rotatable bonds is 6. The van der Waals surface area contributed by atoms with Crippen molar-refractivity contribution in [2.24, 2.45) is 0 Å². The summed E-state index contributed by atoms with van der Waals surface area (Å²) in [5.74, 6) is -0.184. The number of para-hydroxylation sites is 1. The zero-order chi connectivity index (χ0) is 19.9. The summed E-state index contributed by atoms with van der Waals surface area (Å²) in [6.45, 7) is 3.86. The van der Waals surface area contributed by atoms with Gasteiger partial charge in [0.25, 0.3) is 5.91 Å². The SMILES string of the molecule is C[C@H](Oc1ccccc1)C(=O)OCC(=O)N1CCN(c2cccc(Cl)c2)CC1. The largest absolute Gasteiger partial charge is 0.479 e. The van der Waals surface area contributed by atoms with E-state index in [4.69, 9.17) is 21.1 Å². The first kappa shape index (κ1) is 20.0. The molecule has 1 atom stereocenters. The summed E-state index contributed by atoms with van der Waals surface area (Å²) in [7, 11) is 0. The lowest BCUT2D eigenvalue weighted by Crippen LogP contribution is -2.50. The lowest BCUT2D eigenvalue weighted by atomic mass is 10.2. The quantitative estimate of drug-likeness (QED) is 0.695. The Kier molecular flexibility index (Phi) is 6.76. The van der Waals surface area contributed by atoms with Gasteiger partial charge >= 0.3 is 5.97 Å². The molecule has 0 saturated carbocycles. The minimum Gasteiger partial charge on any atom is -0.479 e. The molecule has 2 aromatic carbocycles. The molecule has 1 saturated heterocycles. The summed E-state index contributed by atoms with van der Waals surface area (Å²) in [6.07, 6.45) is -0.783. The monoisotopic (exact) mass is 402 g/mol. The number of piperazine rings is 1. The predicted molar refractivity (Wildman–Crippen MR) is 108 cm³/mol. The number of carbonyl (C=O) groups is 2. The number of esters is 1. The Hall–Kier alpha value is -2.73. The Morgan fingerprint density at radius 1 is 1.04 bits per heavy atom. The van der Waals surface area contributed by atoms with Crippen LogP contribution in [-0.2, 0) is 14.3 Å². The van der Waals surface area contributed by atoms with Gasteiger partial charge in [0.1, 0.15) is 5.75 Å². The molecule has 1 fully saturated rings. The van der Waals surface area contributed by atoms with Crippen molar-refractivity contribution in [3.63, 3.8) is 0 Å². The zero-order valence-electron chi connectivity index (χ0n) is 15.7. The van der Waals surface area contributed by atoms with Gasteiger partial charge in [-0.3, -0.25) is 4.79 Å². The standard InChI is InChI=1S/C21H23ClN2O4/c1-16(28-19-8-3-2-4-9-19)21(26)27-15-20(25)24-12-10-23(11-13-24)18-7-5-6-17(22)14-18/h2-9,14,16H,10-13,15H2,1H3/t16-/m0/s1. The maximum absolute atomic E-state index is 12.3. The molecule has 1 heterocycles. The van der Waals surface area contributed by atoms with Crippen molar-refractivity contribution in [2.75, 3.05) is 37.7 Å². The van der Waals surface area contributed by atoms with Gasteiger partial charge in [-0.05, 0) is 37.3 Å². The van der Waals surface area contributed by atoms with Crippen LogP contribution in [0.3, 0.4) is 0 Å². The van der Waals surface area contributed by atoms with Crippen molar-refractivity contribution in [3.8, 4) is 5.75 Å². The maximum Gasteiger partial charge on any atom is 0.347 e. The van der Waals surface area contributed by atoms with Crippen molar-refractivity contribution < 1.29 is 19.1 Å². The molecule has 0 radical (unpaired) electrons. The molecule has 1 aliphatic heterocycles. The Bertz CT molecular complexity index is 807. The molecule has 3 rings (SSSR count). The van der Waals surface area contributed by atoms with Gasteiger partial charge < -0.3 is 19.3 Å². The van der Waals surface area contributed by atoms with Crippen LogP contribution < -0.4 is 9.64 Å². The van der Waals surface area contributed by atoms with Crippen LogP contribution in [0.1, 0.15) is 6.92 Å². The van der Waals surface area contributed by atoms with E-state index in [9.17, 15) is 9.59 Å². The highest BCUT2D eigenvalue weighted by Gasteiger charge is 2.24. The van der Waals surface area contributed by atoms with E-state index in [0.717, 1.165) is 5.69 Å².